The van der Waals surface area contributed by atoms with Gasteiger partial charge in [0.2, 0.25) is 0 Å². The van der Waals surface area contributed by atoms with Gasteiger partial charge >= 0.3 is 0 Å². The van der Waals surface area contributed by atoms with Crippen LogP contribution >= 0.6 is 0 Å². The highest BCUT2D eigenvalue weighted by atomic mass is 32.2. The van der Waals surface area contributed by atoms with Crippen molar-refractivity contribution in [2.24, 2.45) is 11.1 Å². The van der Waals surface area contributed by atoms with Crippen molar-refractivity contribution in [1.29, 1.82) is 0 Å². The van der Waals surface area contributed by atoms with E-state index < -0.39 is 10.0 Å². The van der Waals surface area contributed by atoms with Gasteiger partial charge < -0.3 is 4.57 Å². The monoisotopic (exact) mass is 260 g/mol. The first-order valence-corrected chi connectivity index (χ1v) is 7.27. The molecule has 0 amide bonds. The Morgan fingerprint density at radius 3 is 2.29 bits per heavy atom. The molecule has 0 aliphatic heterocycles. The van der Waals surface area contributed by atoms with Gasteiger partial charge in [-0.3, -0.25) is 0 Å². The van der Waals surface area contributed by atoms with Gasteiger partial charge in [-0.2, -0.15) is 0 Å². The molecule has 17 heavy (non-hydrogen) atoms. The predicted octanol–water partition coefficient (Wildman–Crippen LogP) is 1.09. The van der Waals surface area contributed by atoms with Crippen LogP contribution in [0.15, 0.2) is 5.16 Å². The Hall–Kier alpha value is -0.950. The normalized spacial score (nSPS) is 14.2. The van der Waals surface area contributed by atoms with Crippen molar-refractivity contribution in [1.82, 2.24) is 14.8 Å². The predicted molar refractivity (Wildman–Crippen MR) is 64.9 cm³/mol. The summed E-state index contributed by atoms with van der Waals surface area (Å²) >= 11 is 0. The van der Waals surface area contributed by atoms with Crippen LogP contribution < -0.4 is 5.14 Å². The van der Waals surface area contributed by atoms with Gasteiger partial charge in [-0.1, -0.05) is 27.7 Å². The molecule has 0 aliphatic carbocycles. The summed E-state index contributed by atoms with van der Waals surface area (Å²) < 4.78 is 24.4. The van der Waals surface area contributed by atoms with Crippen LogP contribution in [-0.2, 0) is 16.6 Å². The fraction of sp³-hybridized carbons (Fsp3) is 0.800. The highest BCUT2D eigenvalue weighted by molar-refractivity contribution is 7.89. The summed E-state index contributed by atoms with van der Waals surface area (Å²) in [5.41, 5.74) is 0. The van der Waals surface area contributed by atoms with E-state index in [9.17, 15) is 8.42 Å². The second-order valence-corrected chi connectivity index (χ2v) is 6.15. The molecule has 0 bridgehead atoms. The lowest BCUT2D eigenvalue weighted by atomic mass is 10.1. The molecule has 0 saturated heterocycles. The topological polar surface area (TPSA) is 90.9 Å². The Balaban J connectivity index is 3.30. The highest BCUT2D eigenvalue weighted by Crippen LogP contribution is 2.20. The van der Waals surface area contributed by atoms with Crippen molar-refractivity contribution < 1.29 is 8.42 Å². The van der Waals surface area contributed by atoms with E-state index >= 15 is 0 Å². The smallest absolute Gasteiger partial charge is 0.273 e. The lowest BCUT2D eigenvalue weighted by Crippen LogP contribution is -2.21. The van der Waals surface area contributed by atoms with Crippen LogP contribution in [0.1, 0.15) is 45.9 Å². The quantitative estimate of drug-likeness (QED) is 0.858. The molecule has 1 aromatic heterocycles. The number of hydrogen-bond donors (Lipinski definition) is 1. The van der Waals surface area contributed by atoms with Gasteiger partial charge in [0.1, 0.15) is 5.82 Å². The molecule has 7 heteroatoms. The minimum Gasteiger partial charge on any atom is -0.300 e. The summed E-state index contributed by atoms with van der Waals surface area (Å²) in [6.07, 6.45) is 0.876. The molecule has 0 fully saturated rings. The fourth-order valence-corrected chi connectivity index (χ4v) is 2.22. The highest BCUT2D eigenvalue weighted by Gasteiger charge is 2.23. The minimum absolute atomic E-state index is 0.137. The summed E-state index contributed by atoms with van der Waals surface area (Å²) in [4.78, 5) is 0. The Labute approximate surface area is 102 Å². The van der Waals surface area contributed by atoms with Gasteiger partial charge in [-0.05, 0) is 12.3 Å². The van der Waals surface area contributed by atoms with E-state index in [0.29, 0.717) is 18.3 Å². The Kier molecular flexibility index (Phi) is 4.26. The maximum absolute atomic E-state index is 11.4. The molecule has 2 N–H and O–H groups in total. The van der Waals surface area contributed by atoms with E-state index in [1.54, 1.807) is 4.57 Å². The zero-order valence-corrected chi connectivity index (χ0v) is 11.5. The van der Waals surface area contributed by atoms with E-state index in [-0.39, 0.29) is 11.1 Å². The van der Waals surface area contributed by atoms with Crippen molar-refractivity contribution in [3.05, 3.63) is 5.82 Å². The Morgan fingerprint density at radius 1 is 1.29 bits per heavy atom. The van der Waals surface area contributed by atoms with Crippen molar-refractivity contribution in [2.75, 3.05) is 0 Å². The number of primary sulfonamides is 1. The average molecular weight is 260 g/mol. The number of rotatable bonds is 5. The van der Waals surface area contributed by atoms with Gasteiger partial charge in [0.25, 0.3) is 15.2 Å². The SMILES string of the molecule is CCC(C)c1nnc(S(N)(=O)=O)n1CC(C)C. The third-order valence-corrected chi connectivity index (χ3v) is 3.41. The van der Waals surface area contributed by atoms with Crippen molar-refractivity contribution >= 4 is 10.0 Å². The van der Waals surface area contributed by atoms with E-state index in [4.69, 9.17) is 5.14 Å². The molecule has 0 aliphatic rings. The van der Waals surface area contributed by atoms with Crippen LogP contribution in [0, 0.1) is 5.92 Å². The van der Waals surface area contributed by atoms with E-state index in [1.165, 1.54) is 0 Å². The maximum Gasteiger partial charge on any atom is 0.273 e. The summed E-state index contributed by atoms with van der Waals surface area (Å²) in [6.45, 7) is 8.59. The summed E-state index contributed by atoms with van der Waals surface area (Å²) in [7, 11) is -3.81. The first kappa shape index (κ1) is 14.1. The zero-order valence-electron chi connectivity index (χ0n) is 10.7. The van der Waals surface area contributed by atoms with E-state index in [1.807, 2.05) is 27.7 Å². The number of nitrogens with two attached hydrogens (primary N) is 1. The van der Waals surface area contributed by atoms with Gasteiger partial charge in [0.05, 0.1) is 0 Å². The van der Waals surface area contributed by atoms with Crippen molar-refractivity contribution in [3.63, 3.8) is 0 Å². The molecular weight excluding hydrogens is 240 g/mol. The Morgan fingerprint density at radius 2 is 1.88 bits per heavy atom. The lowest BCUT2D eigenvalue weighted by Gasteiger charge is -2.14. The average Bonchev–Trinajstić information content (AvgIpc) is 2.58. The van der Waals surface area contributed by atoms with Crippen molar-refractivity contribution in [3.8, 4) is 0 Å². The van der Waals surface area contributed by atoms with Crippen LogP contribution in [0.5, 0.6) is 0 Å². The third-order valence-electron chi connectivity index (χ3n) is 2.60. The summed E-state index contributed by atoms with van der Waals surface area (Å²) in [5, 5.41) is 12.7. The molecule has 0 spiro atoms. The van der Waals surface area contributed by atoms with Crippen LogP contribution in [0.3, 0.4) is 0 Å². The standard InChI is InChI=1S/C10H20N4O2S/c1-5-8(4)9-12-13-10(17(11,15)16)14(9)6-7(2)3/h7-8H,5-6H2,1-4H3,(H2,11,15,16). The van der Waals surface area contributed by atoms with E-state index in [0.717, 1.165) is 6.42 Å². The number of nitrogens with zero attached hydrogens (tertiary/aromatic N) is 3. The van der Waals surface area contributed by atoms with Crippen LogP contribution in [-0.4, -0.2) is 23.2 Å². The molecule has 1 rings (SSSR count). The van der Waals surface area contributed by atoms with E-state index in [2.05, 4.69) is 10.2 Å². The molecule has 1 aromatic rings. The second-order valence-electron chi connectivity index (χ2n) is 4.70. The van der Waals surface area contributed by atoms with Crippen LogP contribution in [0.2, 0.25) is 0 Å². The fourth-order valence-electron chi connectivity index (χ4n) is 1.59. The Bertz CT molecular complexity index is 478. The molecular formula is C10H20N4O2S. The molecule has 1 atom stereocenters. The van der Waals surface area contributed by atoms with Gasteiger partial charge in [0.15, 0.2) is 0 Å². The van der Waals surface area contributed by atoms with Crippen LogP contribution in [0.4, 0.5) is 0 Å². The van der Waals surface area contributed by atoms with Gasteiger partial charge in [-0.25, -0.2) is 13.6 Å². The molecule has 0 saturated carbocycles. The zero-order chi connectivity index (χ0) is 13.2. The van der Waals surface area contributed by atoms with Gasteiger partial charge in [-0.15, -0.1) is 10.2 Å². The molecule has 6 nitrogen and oxygen atoms in total. The molecule has 1 heterocycles. The largest absolute Gasteiger partial charge is 0.300 e. The minimum atomic E-state index is -3.81. The summed E-state index contributed by atoms with van der Waals surface area (Å²) in [5.74, 6) is 1.15. The third kappa shape index (κ3) is 3.26. The second kappa shape index (κ2) is 5.14. The van der Waals surface area contributed by atoms with Gasteiger partial charge in [0, 0.05) is 12.5 Å². The van der Waals surface area contributed by atoms with Crippen molar-refractivity contribution in [2.45, 2.75) is 51.7 Å². The number of hydrogen-bond acceptors (Lipinski definition) is 4. The molecule has 0 aromatic carbocycles. The first-order chi connectivity index (χ1) is 7.77. The number of sulfonamides is 1. The number of aromatic nitrogens is 3. The maximum atomic E-state index is 11.4. The molecule has 1 unspecified atom stereocenters. The lowest BCUT2D eigenvalue weighted by molar-refractivity contribution is 0.457. The molecule has 98 valence electrons. The summed E-state index contributed by atoms with van der Waals surface area (Å²) in [6, 6.07) is 0. The van der Waals surface area contributed by atoms with Crippen LogP contribution in [0.25, 0.3) is 0 Å². The first-order valence-electron chi connectivity index (χ1n) is 5.73. The molecule has 0 radical (unpaired) electrons.